The van der Waals surface area contributed by atoms with Crippen LogP contribution in [0.4, 0.5) is 0 Å². The Morgan fingerprint density at radius 1 is 1.25 bits per heavy atom. The fourth-order valence-corrected chi connectivity index (χ4v) is 0. The molecule has 0 rings (SSSR count). The molecule has 0 saturated heterocycles. The van der Waals surface area contributed by atoms with Crippen molar-refractivity contribution in [2.24, 2.45) is 0 Å². The van der Waals surface area contributed by atoms with E-state index in [1.807, 2.05) is 0 Å². The van der Waals surface area contributed by atoms with E-state index in [-0.39, 0.29) is 26.3 Å². The molecule has 4 heavy (non-hydrogen) atoms. The molecule has 0 fully saturated rings. The summed E-state index contributed by atoms with van der Waals surface area (Å²) in [6, 6.07) is 0. The van der Waals surface area contributed by atoms with E-state index < -0.39 is 0 Å². The van der Waals surface area contributed by atoms with Crippen molar-refractivity contribution < 1.29 is 0 Å². The second-order valence-electron chi connectivity index (χ2n) is 0. The standard InChI is InChI=1S/CH3.ClH.2Li.H/h1H3;1H;;;/q;;;+1;/p-1. The summed E-state index contributed by atoms with van der Waals surface area (Å²) >= 11 is 1.47. The third-order valence-corrected chi connectivity index (χ3v) is 0. The van der Waals surface area contributed by atoms with Crippen molar-refractivity contribution in [3.8, 4) is 0 Å². The van der Waals surface area contributed by atoms with Crippen LogP contribution in [-0.4, -0.2) is 35.6 Å². The molecule has 3 heteroatoms. The van der Waals surface area contributed by atoms with Gasteiger partial charge < -0.3 is 0 Å². The number of rotatable bonds is 0. The summed E-state index contributed by atoms with van der Waals surface area (Å²) in [5.74, 6) is 0. The Bertz CT molecular complexity index is 6.00. The van der Waals surface area contributed by atoms with Gasteiger partial charge in [0.1, 0.15) is 0 Å². The third kappa shape index (κ3) is 9.76. The van der Waals surface area contributed by atoms with E-state index in [1.54, 1.807) is 0 Å². The molecule has 0 aliphatic carbocycles. The zero-order valence-electron chi connectivity index (χ0n) is 2.38. The van der Waals surface area contributed by atoms with E-state index in [4.69, 9.17) is 0 Å². The molecule has 0 aromatic rings. The molecule has 0 aliphatic rings. The quantitative estimate of drug-likeness (QED) is 0.351. The predicted molar refractivity (Wildman–Crippen MR) is 25.2 cm³/mol. The first-order chi connectivity index (χ1) is 1.00. The van der Waals surface area contributed by atoms with Gasteiger partial charge >= 0.3 is 45.4 Å². The van der Waals surface area contributed by atoms with E-state index in [0.717, 1.165) is 0 Å². The van der Waals surface area contributed by atoms with Gasteiger partial charge in [0.25, 0.3) is 0 Å². The van der Waals surface area contributed by atoms with Crippen molar-refractivity contribution in [1.29, 1.82) is 0 Å². The van der Waals surface area contributed by atoms with Crippen molar-refractivity contribution in [2.75, 3.05) is 0 Å². The normalized spacial score (nSPS) is 1.75. The summed E-state index contributed by atoms with van der Waals surface area (Å²) in [6.45, 7) is 0. The monoisotopic (exact) mass is 65.0 g/mol. The van der Waals surface area contributed by atoms with Crippen LogP contribution in [0.1, 0.15) is 0 Å². The summed E-state index contributed by atoms with van der Waals surface area (Å²) in [4.78, 5) is 0. The summed E-state index contributed by atoms with van der Waals surface area (Å²) in [5, 5.41) is 0. The van der Waals surface area contributed by atoms with Crippen molar-refractivity contribution in [3.63, 3.8) is 0 Å². The van der Waals surface area contributed by atoms with E-state index in [0.29, 0.717) is 0 Å². The average Bonchev–Trinajstić information content (AvgIpc) is 1.00. The minimum atomic E-state index is 0. The second-order valence-corrected chi connectivity index (χ2v) is 0. The topological polar surface area (TPSA) is 0 Å². The van der Waals surface area contributed by atoms with E-state index in [9.17, 15) is 0 Å². The van der Waals surface area contributed by atoms with Crippen molar-refractivity contribution in [2.45, 2.75) is 0 Å². The Balaban J connectivity index is -0.00000000500. The van der Waals surface area contributed by atoms with Crippen LogP contribution in [-0.2, 0) is 0 Å². The van der Waals surface area contributed by atoms with Gasteiger partial charge in [0.2, 0.25) is 0 Å². The molecule has 0 nitrogen and oxygen atoms in total. The molecule has 0 bridgehead atoms. The Hall–Kier alpha value is 1.48. The Morgan fingerprint density at radius 2 is 1.25 bits per heavy atom. The molecule has 0 N–H and O–H groups in total. The van der Waals surface area contributed by atoms with Crippen LogP contribution in [0.25, 0.3) is 0 Å². The molecule has 1 radical (unpaired) electrons. The summed E-state index contributed by atoms with van der Waals surface area (Å²) in [7, 11) is 4.64. The zero-order chi connectivity index (χ0) is 2.00. The Labute approximate surface area is 52.8 Å². The molecular weight excluding hydrogens is 61.3 g/mol. The Morgan fingerprint density at radius 3 is 1.25 bits per heavy atom. The van der Waals surface area contributed by atoms with Crippen LogP contribution in [0, 0.1) is 7.43 Å². The van der Waals surface area contributed by atoms with Gasteiger partial charge in [-0.25, -0.2) is 0 Å². The minimum absolute atomic E-state index is 0. The van der Waals surface area contributed by atoms with Gasteiger partial charge in [0, 0.05) is 0 Å². The fourth-order valence-electron chi connectivity index (χ4n) is 0. The van der Waals surface area contributed by atoms with E-state index in [2.05, 4.69) is 9.80 Å². The number of halogens is 1. The van der Waals surface area contributed by atoms with E-state index >= 15 is 0 Å². The van der Waals surface area contributed by atoms with Crippen molar-refractivity contribution in [3.05, 3.63) is 7.43 Å². The van der Waals surface area contributed by atoms with Gasteiger partial charge in [-0.1, -0.05) is 7.43 Å². The first-order valence-electron chi connectivity index (χ1n) is 0.378. The number of hydrogen-bond acceptors (Lipinski definition) is 0. The van der Waals surface area contributed by atoms with Gasteiger partial charge in [-0.15, -0.1) is 0 Å². The molecule has 0 amide bonds. The molecule has 0 spiro atoms. The molecular formula is CH4ClLi2. The predicted octanol–water partition coefficient (Wildman–Crippen LogP) is 0.110. The number of hydrogen-bond donors (Lipinski definition) is 0. The molecule has 0 atom stereocenters. The van der Waals surface area contributed by atoms with E-state index in [1.165, 1.54) is 16.7 Å². The summed E-state index contributed by atoms with van der Waals surface area (Å²) < 4.78 is 0. The fraction of sp³-hybridized carbons (Fsp3) is 0. The van der Waals surface area contributed by atoms with Crippen molar-refractivity contribution >= 4 is 45.4 Å². The third-order valence-electron chi connectivity index (χ3n) is 0. The van der Waals surface area contributed by atoms with Crippen LogP contribution < -0.4 is 0 Å². The van der Waals surface area contributed by atoms with Crippen LogP contribution >= 0.6 is 9.80 Å². The molecule has 0 aromatic carbocycles. The molecule has 0 aromatic heterocycles. The molecule has 0 heterocycles. The van der Waals surface area contributed by atoms with Crippen LogP contribution in [0.15, 0.2) is 0 Å². The average molecular weight is 65.4 g/mol. The van der Waals surface area contributed by atoms with Gasteiger partial charge in [-0.3, -0.25) is 0 Å². The van der Waals surface area contributed by atoms with Gasteiger partial charge in [-0.2, -0.15) is 0 Å². The second kappa shape index (κ2) is 24.7. The Kier molecular flexibility index (Phi) is 110. The van der Waals surface area contributed by atoms with Crippen LogP contribution in [0.5, 0.6) is 0 Å². The first-order valence-corrected chi connectivity index (χ1v) is 1.13. The summed E-state index contributed by atoms with van der Waals surface area (Å²) in [5.41, 5.74) is 0. The summed E-state index contributed by atoms with van der Waals surface area (Å²) in [6.07, 6.45) is 0. The molecule has 17 valence electrons. The molecule has 0 aliphatic heterocycles. The molecule has 0 unspecified atom stereocenters. The maximum absolute atomic E-state index is 4.64. The van der Waals surface area contributed by atoms with Gasteiger partial charge in [-0.05, 0) is 0 Å². The van der Waals surface area contributed by atoms with Gasteiger partial charge in [0.15, 0.2) is 0 Å². The van der Waals surface area contributed by atoms with Crippen LogP contribution in [0.2, 0.25) is 0 Å². The maximum atomic E-state index is 4.64. The first kappa shape index (κ1) is 17.9. The van der Waals surface area contributed by atoms with Gasteiger partial charge in [0.05, 0.1) is 0 Å². The molecule has 0 saturated carbocycles. The van der Waals surface area contributed by atoms with Crippen molar-refractivity contribution in [1.82, 2.24) is 0 Å². The van der Waals surface area contributed by atoms with Crippen LogP contribution in [0.3, 0.4) is 0 Å². The zero-order valence-corrected chi connectivity index (χ0v) is 3.13. The SMILES string of the molecule is [CH3].[LiH].[Li][Cl].